The minimum atomic E-state index is -0.00708. The Kier molecular flexibility index (Phi) is 3.68. The molecule has 17 heavy (non-hydrogen) atoms. The number of ether oxygens (including phenoxy) is 1. The predicted octanol–water partition coefficient (Wildman–Crippen LogP) is 3.80. The molecule has 2 heteroatoms. The van der Waals surface area contributed by atoms with E-state index >= 15 is 0 Å². The molecule has 0 amide bonds. The molecule has 1 aliphatic carbocycles. The summed E-state index contributed by atoms with van der Waals surface area (Å²) in [4.78, 5) is 0. The van der Waals surface area contributed by atoms with Crippen molar-refractivity contribution in [3.05, 3.63) is 29.3 Å². The molecular weight excluding hydrogens is 210 g/mol. The first kappa shape index (κ1) is 12.0. The maximum atomic E-state index is 9.45. The molecule has 0 aliphatic heterocycles. The quantitative estimate of drug-likeness (QED) is 0.789. The zero-order valence-corrected chi connectivity index (χ0v) is 10.6. The summed E-state index contributed by atoms with van der Waals surface area (Å²) in [5.41, 5.74) is 2.26. The first-order chi connectivity index (χ1) is 8.26. The van der Waals surface area contributed by atoms with Crippen LogP contribution in [-0.4, -0.2) is 7.11 Å². The lowest BCUT2D eigenvalue weighted by atomic mass is 9.85. The first-order valence-corrected chi connectivity index (χ1v) is 6.30. The molecule has 0 heterocycles. The maximum Gasteiger partial charge on any atom is 0.123 e. The highest BCUT2D eigenvalue weighted by molar-refractivity contribution is 5.42. The fourth-order valence-electron chi connectivity index (χ4n) is 2.82. The molecule has 1 saturated carbocycles. The van der Waals surface area contributed by atoms with Crippen LogP contribution < -0.4 is 4.74 Å². The number of rotatable bonds is 3. The second-order valence-electron chi connectivity index (χ2n) is 4.90. The molecule has 2 nitrogen and oxygen atoms in total. The summed E-state index contributed by atoms with van der Waals surface area (Å²) in [6.07, 6.45) is 4.87. The molecule has 2 rings (SSSR count). The van der Waals surface area contributed by atoms with Gasteiger partial charge in [-0.05, 0) is 31.7 Å². The van der Waals surface area contributed by atoms with Crippen LogP contribution in [0.15, 0.2) is 18.2 Å². The van der Waals surface area contributed by atoms with Gasteiger partial charge in [-0.15, -0.1) is 0 Å². The van der Waals surface area contributed by atoms with Crippen LogP contribution >= 0.6 is 0 Å². The van der Waals surface area contributed by atoms with Gasteiger partial charge in [-0.1, -0.05) is 30.5 Å². The van der Waals surface area contributed by atoms with Gasteiger partial charge in [0.1, 0.15) is 5.75 Å². The summed E-state index contributed by atoms with van der Waals surface area (Å²) in [6, 6.07) is 8.59. The van der Waals surface area contributed by atoms with Crippen LogP contribution in [0.3, 0.4) is 0 Å². The van der Waals surface area contributed by atoms with Gasteiger partial charge < -0.3 is 4.74 Å². The predicted molar refractivity (Wildman–Crippen MR) is 68.0 cm³/mol. The monoisotopic (exact) mass is 229 g/mol. The van der Waals surface area contributed by atoms with E-state index in [-0.39, 0.29) is 5.92 Å². The molecule has 1 aromatic carbocycles. The highest BCUT2D eigenvalue weighted by Gasteiger charge is 2.28. The third-order valence-corrected chi connectivity index (χ3v) is 3.73. The van der Waals surface area contributed by atoms with Crippen molar-refractivity contribution in [2.24, 2.45) is 5.92 Å². The molecule has 0 saturated heterocycles. The van der Waals surface area contributed by atoms with Crippen molar-refractivity contribution in [3.63, 3.8) is 0 Å². The number of nitrogens with zero attached hydrogens (tertiary/aromatic N) is 1. The molecule has 1 fully saturated rings. The molecule has 1 aliphatic rings. The summed E-state index contributed by atoms with van der Waals surface area (Å²) < 4.78 is 5.39. The Hall–Kier alpha value is -1.49. The van der Waals surface area contributed by atoms with Crippen molar-refractivity contribution in [1.82, 2.24) is 0 Å². The normalized spacial score (nSPS) is 17.7. The van der Waals surface area contributed by atoms with Crippen molar-refractivity contribution in [3.8, 4) is 11.8 Å². The molecule has 90 valence electrons. The lowest BCUT2D eigenvalue weighted by Crippen LogP contribution is -2.09. The van der Waals surface area contributed by atoms with Crippen LogP contribution in [-0.2, 0) is 0 Å². The van der Waals surface area contributed by atoms with Crippen molar-refractivity contribution in [2.75, 3.05) is 7.11 Å². The third kappa shape index (κ3) is 2.44. The van der Waals surface area contributed by atoms with Gasteiger partial charge in [0.25, 0.3) is 0 Å². The standard InChI is InChI=1S/C15H19NO/c1-11-7-8-15(17-2)13(9-11)14(10-16)12-5-3-4-6-12/h7-9,12,14H,3-6H2,1-2H3. The van der Waals surface area contributed by atoms with Gasteiger partial charge in [0.15, 0.2) is 0 Å². The summed E-state index contributed by atoms with van der Waals surface area (Å²) in [5, 5.41) is 9.45. The van der Waals surface area contributed by atoms with E-state index < -0.39 is 0 Å². The van der Waals surface area contributed by atoms with E-state index in [1.165, 1.54) is 31.2 Å². The molecule has 1 atom stereocenters. The summed E-state index contributed by atoms with van der Waals surface area (Å²) >= 11 is 0. The van der Waals surface area contributed by atoms with E-state index in [4.69, 9.17) is 4.74 Å². The van der Waals surface area contributed by atoms with Crippen molar-refractivity contribution in [1.29, 1.82) is 5.26 Å². The summed E-state index contributed by atoms with van der Waals surface area (Å²) in [5.74, 6) is 1.36. The van der Waals surface area contributed by atoms with E-state index in [1.807, 2.05) is 12.1 Å². The molecule has 0 N–H and O–H groups in total. The molecule has 1 aromatic rings. The lowest BCUT2D eigenvalue weighted by Gasteiger charge is -2.19. The molecule has 0 aromatic heterocycles. The summed E-state index contributed by atoms with van der Waals surface area (Å²) in [6.45, 7) is 2.06. The van der Waals surface area contributed by atoms with E-state index in [1.54, 1.807) is 7.11 Å². The van der Waals surface area contributed by atoms with Crippen LogP contribution in [0, 0.1) is 24.2 Å². The maximum absolute atomic E-state index is 9.45. The zero-order chi connectivity index (χ0) is 12.3. The van der Waals surface area contributed by atoms with Gasteiger partial charge >= 0.3 is 0 Å². The van der Waals surface area contributed by atoms with Crippen LogP contribution in [0.5, 0.6) is 5.75 Å². The lowest BCUT2D eigenvalue weighted by molar-refractivity contribution is 0.398. The number of hydrogen-bond acceptors (Lipinski definition) is 2. The van der Waals surface area contributed by atoms with Crippen molar-refractivity contribution in [2.45, 2.75) is 38.5 Å². The Morgan fingerprint density at radius 3 is 2.65 bits per heavy atom. The molecule has 0 bridgehead atoms. The van der Waals surface area contributed by atoms with Gasteiger partial charge in [0, 0.05) is 5.56 Å². The van der Waals surface area contributed by atoms with Gasteiger partial charge in [-0.2, -0.15) is 5.26 Å². The number of aryl methyl sites for hydroxylation is 1. The van der Waals surface area contributed by atoms with Gasteiger partial charge in [-0.25, -0.2) is 0 Å². The second-order valence-corrected chi connectivity index (χ2v) is 4.90. The number of hydrogen-bond donors (Lipinski definition) is 0. The molecule has 1 unspecified atom stereocenters. The van der Waals surface area contributed by atoms with E-state index in [2.05, 4.69) is 19.1 Å². The molecule has 0 radical (unpaired) electrons. The highest BCUT2D eigenvalue weighted by Crippen LogP contribution is 2.40. The van der Waals surface area contributed by atoms with Crippen LogP contribution in [0.4, 0.5) is 0 Å². The Labute approximate surface area is 103 Å². The van der Waals surface area contributed by atoms with Crippen LogP contribution in [0.2, 0.25) is 0 Å². The number of methoxy groups -OCH3 is 1. The van der Waals surface area contributed by atoms with E-state index in [0.717, 1.165) is 11.3 Å². The smallest absolute Gasteiger partial charge is 0.123 e. The average molecular weight is 229 g/mol. The minimum absolute atomic E-state index is 0.00708. The van der Waals surface area contributed by atoms with Gasteiger partial charge in [-0.3, -0.25) is 0 Å². The third-order valence-electron chi connectivity index (χ3n) is 3.73. The topological polar surface area (TPSA) is 33.0 Å². The van der Waals surface area contributed by atoms with Gasteiger partial charge in [0.05, 0.1) is 19.1 Å². The second kappa shape index (κ2) is 5.23. The number of nitriles is 1. The highest BCUT2D eigenvalue weighted by atomic mass is 16.5. The largest absolute Gasteiger partial charge is 0.496 e. The molecule has 0 spiro atoms. The first-order valence-electron chi connectivity index (χ1n) is 6.30. The van der Waals surface area contributed by atoms with Gasteiger partial charge in [0.2, 0.25) is 0 Å². The molecular formula is C15H19NO. The summed E-state index contributed by atoms with van der Waals surface area (Å²) in [7, 11) is 1.68. The van der Waals surface area contributed by atoms with E-state index in [0.29, 0.717) is 5.92 Å². The van der Waals surface area contributed by atoms with Crippen molar-refractivity contribution >= 4 is 0 Å². The van der Waals surface area contributed by atoms with Crippen LogP contribution in [0.1, 0.15) is 42.7 Å². The average Bonchev–Trinajstić information content (AvgIpc) is 2.84. The number of benzene rings is 1. The van der Waals surface area contributed by atoms with Crippen molar-refractivity contribution < 1.29 is 4.74 Å². The SMILES string of the molecule is COc1ccc(C)cc1C(C#N)C1CCCC1. The Morgan fingerprint density at radius 2 is 2.06 bits per heavy atom. The van der Waals surface area contributed by atoms with E-state index in [9.17, 15) is 5.26 Å². The fraction of sp³-hybridized carbons (Fsp3) is 0.533. The fourth-order valence-corrected chi connectivity index (χ4v) is 2.82. The zero-order valence-electron chi connectivity index (χ0n) is 10.6. The Morgan fingerprint density at radius 1 is 1.35 bits per heavy atom. The Bertz CT molecular complexity index is 427. The minimum Gasteiger partial charge on any atom is -0.496 e. The van der Waals surface area contributed by atoms with Crippen LogP contribution in [0.25, 0.3) is 0 Å². The Balaban J connectivity index is 2.35.